The summed E-state index contributed by atoms with van der Waals surface area (Å²) in [6.07, 6.45) is -0.566. The molecule has 0 aliphatic rings. The third-order valence-electron chi connectivity index (χ3n) is 1.77. The standard InChI is InChI=1S/C11H21NO5/c1-9(2)8-17-10(13)7-12(3)11(14)16-6-5-15-4/h9H,5-8H2,1-4H3. The topological polar surface area (TPSA) is 65.1 Å². The highest BCUT2D eigenvalue weighted by Crippen LogP contribution is 1.96. The van der Waals surface area contributed by atoms with Gasteiger partial charge < -0.3 is 19.1 Å². The van der Waals surface area contributed by atoms with Crippen LogP contribution >= 0.6 is 0 Å². The normalized spacial score (nSPS) is 10.2. The number of hydrogen-bond acceptors (Lipinski definition) is 5. The molecule has 0 aromatic carbocycles. The third kappa shape index (κ3) is 8.50. The van der Waals surface area contributed by atoms with Gasteiger partial charge in [-0.15, -0.1) is 0 Å². The molecule has 0 aromatic rings. The van der Waals surface area contributed by atoms with Gasteiger partial charge >= 0.3 is 12.1 Å². The average Bonchev–Trinajstić information content (AvgIpc) is 2.26. The molecule has 0 aliphatic heterocycles. The zero-order chi connectivity index (χ0) is 13.3. The predicted molar refractivity (Wildman–Crippen MR) is 61.7 cm³/mol. The van der Waals surface area contributed by atoms with Crippen molar-refractivity contribution >= 4 is 12.1 Å². The molecule has 0 bridgehead atoms. The van der Waals surface area contributed by atoms with E-state index in [4.69, 9.17) is 14.2 Å². The number of rotatable bonds is 7. The summed E-state index contributed by atoms with van der Waals surface area (Å²) in [5.41, 5.74) is 0. The number of carbonyl (C=O) groups excluding carboxylic acids is 2. The summed E-state index contributed by atoms with van der Waals surface area (Å²) >= 11 is 0. The molecule has 0 atom stereocenters. The summed E-state index contributed by atoms with van der Waals surface area (Å²) in [4.78, 5) is 23.8. The van der Waals surface area contributed by atoms with Gasteiger partial charge in [-0.1, -0.05) is 13.8 Å². The lowest BCUT2D eigenvalue weighted by atomic mass is 10.2. The lowest BCUT2D eigenvalue weighted by Gasteiger charge is -2.16. The monoisotopic (exact) mass is 247 g/mol. The van der Waals surface area contributed by atoms with Crippen molar-refractivity contribution < 1.29 is 23.8 Å². The maximum atomic E-state index is 11.3. The van der Waals surface area contributed by atoms with E-state index in [2.05, 4.69) is 0 Å². The largest absolute Gasteiger partial charge is 0.464 e. The van der Waals surface area contributed by atoms with Crippen molar-refractivity contribution in [3.05, 3.63) is 0 Å². The molecule has 100 valence electrons. The van der Waals surface area contributed by atoms with E-state index in [0.717, 1.165) is 0 Å². The highest BCUT2D eigenvalue weighted by molar-refractivity contribution is 5.77. The number of hydrogen-bond donors (Lipinski definition) is 0. The zero-order valence-electron chi connectivity index (χ0n) is 10.9. The average molecular weight is 247 g/mol. The van der Waals surface area contributed by atoms with Crippen molar-refractivity contribution in [2.24, 2.45) is 5.92 Å². The van der Waals surface area contributed by atoms with E-state index in [9.17, 15) is 9.59 Å². The van der Waals surface area contributed by atoms with Crippen LogP contribution in [0, 0.1) is 5.92 Å². The van der Waals surface area contributed by atoms with Gasteiger partial charge in [-0.3, -0.25) is 4.79 Å². The molecule has 1 amide bonds. The molecule has 0 rings (SSSR count). The van der Waals surface area contributed by atoms with Gasteiger partial charge in [0, 0.05) is 14.2 Å². The van der Waals surface area contributed by atoms with E-state index >= 15 is 0 Å². The molecule has 0 saturated carbocycles. The first-order valence-corrected chi connectivity index (χ1v) is 5.49. The van der Waals surface area contributed by atoms with Crippen LogP contribution in [-0.4, -0.2) is 57.5 Å². The van der Waals surface area contributed by atoms with Crippen LogP contribution < -0.4 is 0 Å². The fraction of sp³-hybridized carbons (Fsp3) is 0.818. The molecule has 6 heteroatoms. The van der Waals surface area contributed by atoms with Crippen LogP contribution in [0.1, 0.15) is 13.8 Å². The van der Waals surface area contributed by atoms with Crippen molar-refractivity contribution in [1.82, 2.24) is 4.90 Å². The van der Waals surface area contributed by atoms with Crippen molar-refractivity contribution in [3.63, 3.8) is 0 Å². The molecule has 17 heavy (non-hydrogen) atoms. The molecule has 0 aliphatic carbocycles. The fourth-order valence-electron chi connectivity index (χ4n) is 0.886. The summed E-state index contributed by atoms with van der Waals surface area (Å²) in [7, 11) is 2.99. The first kappa shape index (κ1) is 15.7. The Morgan fingerprint density at radius 1 is 1.18 bits per heavy atom. The van der Waals surface area contributed by atoms with E-state index in [1.807, 2.05) is 13.8 Å². The molecule has 0 aromatic heterocycles. The Hall–Kier alpha value is -1.30. The van der Waals surface area contributed by atoms with Gasteiger partial charge in [0.1, 0.15) is 13.2 Å². The number of likely N-dealkylation sites (N-methyl/N-ethyl adjacent to an activating group) is 1. The Bertz CT molecular complexity index is 242. The Balaban J connectivity index is 3.78. The first-order chi connectivity index (χ1) is 7.97. The minimum atomic E-state index is -0.566. The van der Waals surface area contributed by atoms with Crippen LogP contribution in [0.5, 0.6) is 0 Å². The van der Waals surface area contributed by atoms with E-state index in [0.29, 0.717) is 13.2 Å². The van der Waals surface area contributed by atoms with Gasteiger partial charge in [0.25, 0.3) is 0 Å². The summed E-state index contributed by atoms with van der Waals surface area (Å²) in [6, 6.07) is 0. The van der Waals surface area contributed by atoms with E-state index in [1.54, 1.807) is 0 Å². The van der Waals surface area contributed by atoms with Gasteiger partial charge in [0.05, 0.1) is 13.2 Å². The predicted octanol–water partition coefficient (Wildman–Crippen LogP) is 0.900. The highest BCUT2D eigenvalue weighted by atomic mass is 16.6. The van der Waals surface area contributed by atoms with Crippen molar-refractivity contribution in [2.45, 2.75) is 13.8 Å². The number of nitrogens with zero attached hydrogens (tertiary/aromatic N) is 1. The third-order valence-corrected chi connectivity index (χ3v) is 1.77. The van der Waals surface area contributed by atoms with Crippen molar-refractivity contribution in [3.8, 4) is 0 Å². The second-order valence-electron chi connectivity index (χ2n) is 4.04. The van der Waals surface area contributed by atoms with Crippen LogP contribution in [0.15, 0.2) is 0 Å². The summed E-state index contributed by atoms with van der Waals surface area (Å²) < 4.78 is 14.5. The number of methoxy groups -OCH3 is 1. The second-order valence-corrected chi connectivity index (χ2v) is 4.04. The van der Waals surface area contributed by atoms with E-state index in [1.165, 1.54) is 19.1 Å². The van der Waals surface area contributed by atoms with E-state index in [-0.39, 0.29) is 19.1 Å². The molecule has 0 heterocycles. The number of ether oxygens (including phenoxy) is 3. The van der Waals surface area contributed by atoms with Crippen LogP contribution in [0.4, 0.5) is 4.79 Å². The molecular weight excluding hydrogens is 226 g/mol. The van der Waals surface area contributed by atoms with Crippen molar-refractivity contribution in [1.29, 1.82) is 0 Å². The molecular formula is C11H21NO5. The Labute approximate surface area is 102 Å². The highest BCUT2D eigenvalue weighted by Gasteiger charge is 2.15. The van der Waals surface area contributed by atoms with Crippen LogP contribution in [-0.2, 0) is 19.0 Å². The molecule has 0 spiro atoms. The maximum absolute atomic E-state index is 11.3. The second kappa shape index (κ2) is 8.81. The maximum Gasteiger partial charge on any atom is 0.410 e. The fourth-order valence-corrected chi connectivity index (χ4v) is 0.886. The number of esters is 1. The lowest BCUT2D eigenvalue weighted by molar-refractivity contribution is -0.145. The Kier molecular flexibility index (Phi) is 8.13. The first-order valence-electron chi connectivity index (χ1n) is 5.49. The molecule has 0 saturated heterocycles. The molecule has 0 radical (unpaired) electrons. The zero-order valence-corrected chi connectivity index (χ0v) is 10.9. The summed E-state index contributed by atoms with van der Waals surface area (Å²) in [5, 5.41) is 0. The molecule has 0 N–H and O–H groups in total. The minimum absolute atomic E-state index is 0.113. The van der Waals surface area contributed by atoms with Gasteiger partial charge in [0.15, 0.2) is 0 Å². The molecule has 0 fully saturated rings. The van der Waals surface area contributed by atoms with Crippen LogP contribution in [0.3, 0.4) is 0 Å². The Morgan fingerprint density at radius 2 is 1.82 bits per heavy atom. The smallest absolute Gasteiger partial charge is 0.410 e. The molecule has 0 unspecified atom stereocenters. The van der Waals surface area contributed by atoms with Crippen molar-refractivity contribution in [2.75, 3.05) is 40.5 Å². The summed E-state index contributed by atoms with van der Waals surface area (Å²) in [5.74, 6) is -0.164. The van der Waals surface area contributed by atoms with Crippen LogP contribution in [0.25, 0.3) is 0 Å². The SMILES string of the molecule is COCCOC(=O)N(C)CC(=O)OCC(C)C. The van der Waals surface area contributed by atoms with E-state index < -0.39 is 12.1 Å². The van der Waals surface area contributed by atoms with Gasteiger partial charge in [0.2, 0.25) is 0 Å². The number of carbonyl (C=O) groups is 2. The van der Waals surface area contributed by atoms with Gasteiger partial charge in [-0.25, -0.2) is 4.79 Å². The Morgan fingerprint density at radius 3 is 2.35 bits per heavy atom. The lowest BCUT2D eigenvalue weighted by Crippen LogP contribution is -2.34. The summed E-state index contributed by atoms with van der Waals surface area (Å²) in [6.45, 7) is 4.62. The quantitative estimate of drug-likeness (QED) is 0.494. The minimum Gasteiger partial charge on any atom is -0.464 e. The van der Waals surface area contributed by atoms with Gasteiger partial charge in [-0.05, 0) is 5.92 Å². The number of amides is 1. The van der Waals surface area contributed by atoms with Gasteiger partial charge in [-0.2, -0.15) is 0 Å². The molecule has 6 nitrogen and oxygen atoms in total. The van der Waals surface area contributed by atoms with Crippen LogP contribution in [0.2, 0.25) is 0 Å².